The SMILES string of the molecule is CCN(Cc1ccccc1)S(=O)(=O)NC1CCC(N)CC1.Cl. The van der Waals surface area contributed by atoms with Crippen LogP contribution in [-0.2, 0) is 16.8 Å². The van der Waals surface area contributed by atoms with E-state index in [1.807, 2.05) is 37.3 Å². The normalized spacial score (nSPS) is 22.3. The predicted octanol–water partition coefficient (Wildman–Crippen LogP) is 2.03. The molecule has 22 heavy (non-hydrogen) atoms. The van der Waals surface area contributed by atoms with Crippen LogP contribution in [0.2, 0.25) is 0 Å². The Morgan fingerprint density at radius 3 is 2.32 bits per heavy atom. The molecule has 0 unspecified atom stereocenters. The maximum atomic E-state index is 12.5. The molecule has 0 bridgehead atoms. The topological polar surface area (TPSA) is 75.4 Å². The number of halogens is 1. The van der Waals surface area contributed by atoms with Crippen molar-refractivity contribution in [3.05, 3.63) is 35.9 Å². The third-order valence-electron chi connectivity index (χ3n) is 3.98. The summed E-state index contributed by atoms with van der Waals surface area (Å²) in [5.74, 6) is 0. The van der Waals surface area contributed by atoms with Crippen molar-refractivity contribution in [3.63, 3.8) is 0 Å². The highest BCUT2D eigenvalue weighted by Crippen LogP contribution is 2.18. The molecule has 0 saturated heterocycles. The predicted molar refractivity (Wildman–Crippen MR) is 92.1 cm³/mol. The van der Waals surface area contributed by atoms with E-state index in [2.05, 4.69) is 4.72 Å². The molecule has 1 aromatic carbocycles. The standard InChI is InChI=1S/C15H25N3O2S.ClH/c1-2-18(12-13-6-4-3-5-7-13)21(19,20)17-15-10-8-14(16)9-11-15;/h3-7,14-15,17H,2,8-12,16H2,1H3;1H. The van der Waals surface area contributed by atoms with Crippen LogP contribution in [0.1, 0.15) is 38.2 Å². The molecule has 3 N–H and O–H groups in total. The van der Waals surface area contributed by atoms with Gasteiger partial charge in [0.1, 0.15) is 0 Å². The molecule has 0 aromatic heterocycles. The molecule has 1 saturated carbocycles. The van der Waals surface area contributed by atoms with Crippen molar-refractivity contribution in [1.82, 2.24) is 9.03 Å². The molecule has 0 aliphatic heterocycles. The molecule has 0 spiro atoms. The highest BCUT2D eigenvalue weighted by molar-refractivity contribution is 7.87. The van der Waals surface area contributed by atoms with E-state index in [1.54, 1.807) is 0 Å². The van der Waals surface area contributed by atoms with E-state index >= 15 is 0 Å². The molecule has 5 nitrogen and oxygen atoms in total. The van der Waals surface area contributed by atoms with Gasteiger partial charge in [-0.2, -0.15) is 17.4 Å². The first-order valence-electron chi connectivity index (χ1n) is 7.58. The monoisotopic (exact) mass is 347 g/mol. The van der Waals surface area contributed by atoms with Crippen molar-refractivity contribution in [2.75, 3.05) is 6.54 Å². The Morgan fingerprint density at radius 2 is 1.77 bits per heavy atom. The molecule has 0 amide bonds. The number of rotatable bonds is 6. The van der Waals surface area contributed by atoms with E-state index in [4.69, 9.17) is 5.73 Å². The Kier molecular flexibility index (Phi) is 7.79. The molecule has 126 valence electrons. The van der Waals surface area contributed by atoms with E-state index in [0.29, 0.717) is 13.1 Å². The van der Waals surface area contributed by atoms with Gasteiger partial charge in [0, 0.05) is 25.2 Å². The lowest BCUT2D eigenvalue weighted by atomic mass is 9.93. The van der Waals surface area contributed by atoms with Gasteiger partial charge in [0.2, 0.25) is 0 Å². The van der Waals surface area contributed by atoms with E-state index in [1.165, 1.54) is 4.31 Å². The molecule has 0 atom stereocenters. The number of hydrogen-bond donors (Lipinski definition) is 2. The van der Waals surface area contributed by atoms with Gasteiger partial charge >= 0.3 is 0 Å². The lowest BCUT2D eigenvalue weighted by molar-refractivity contribution is 0.354. The van der Waals surface area contributed by atoms with Gasteiger partial charge < -0.3 is 5.73 Å². The lowest BCUT2D eigenvalue weighted by Crippen LogP contribution is -2.47. The van der Waals surface area contributed by atoms with Crippen LogP contribution in [0.3, 0.4) is 0 Å². The minimum Gasteiger partial charge on any atom is -0.328 e. The second kappa shape index (κ2) is 8.84. The summed E-state index contributed by atoms with van der Waals surface area (Å²) < 4.78 is 29.3. The average molecular weight is 348 g/mol. The Labute approximate surface area is 139 Å². The van der Waals surface area contributed by atoms with Crippen molar-refractivity contribution in [2.45, 2.75) is 51.2 Å². The van der Waals surface area contributed by atoms with Crippen LogP contribution in [0.4, 0.5) is 0 Å². The lowest BCUT2D eigenvalue weighted by Gasteiger charge is -2.29. The van der Waals surface area contributed by atoms with Crippen LogP contribution >= 0.6 is 12.4 Å². The zero-order valence-electron chi connectivity index (χ0n) is 12.9. The molecule has 1 aromatic rings. The maximum absolute atomic E-state index is 12.5. The van der Waals surface area contributed by atoms with E-state index in [0.717, 1.165) is 31.2 Å². The summed E-state index contributed by atoms with van der Waals surface area (Å²) in [7, 11) is -3.45. The molecule has 2 rings (SSSR count). The van der Waals surface area contributed by atoms with Crippen molar-refractivity contribution >= 4 is 22.6 Å². The average Bonchev–Trinajstić information content (AvgIpc) is 2.48. The smallest absolute Gasteiger partial charge is 0.279 e. The van der Waals surface area contributed by atoms with E-state index < -0.39 is 10.2 Å². The van der Waals surface area contributed by atoms with Crippen molar-refractivity contribution < 1.29 is 8.42 Å². The van der Waals surface area contributed by atoms with Crippen LogP contribution in [-0.4, -0.2) is 31.4 Å². The Bertz CT molecular complexity index is 531. The van der Waals surface area contributed by atoms with Crippen molar-refractivity contribution in [3.8, 4) is 0 Å². The van der Waals surface area contributed by atoms with E-state index in [-0.39, 0.29) is 24.5 Å². The summed E-state index contributed by atoms with van der Waals surface area (Å²) in [5, 5.41) is 0. The number of nitrogens with one attached hydrogen (secondary N) is 1. The first-order valence-corrected chi connectivity index (χ1v) is 9.02. The van der Waals surface area contributed by atoms with Gasteiger partial charge in [-0.15, -0.1) is 12.4 Å². The third-order valence-corrected chi connectivity index (χ3v) is 5.68. The summed E-state index contributed by atoms with van der Waals surface area (Å²) in [6.07, 6.45) is 3.42. The van der Waals surface area contributed by atoms with Crippen molar-refractivity contribution in [2.24, 2.45) is 5.73 Å². The van der Waals surface area contributed by atoms with Crippen LogP contribution in [0.25, 0.3) is 0 Å². The highest BCUT2D eigenvalue weighted by Gasteiger charge is 2.27. The third kappa shape index (κ3) is 5.52. The summed E-state index contributed by atoms with van der Waals surface area (Å²) in [4.78, 5) is 0. The molecule has 1 aliphatic carbocycles. The molecular weight excluding hydrogens is 322 g/mol. The Morgan fingerprint density at radius 1 is 1.18 bits per heavy atom. The molecule has 7 heteroatoms. The zero-order valence-corrected chi connectivity index (χ0v) is 14.6. The Hall–Kier alpha value is -0.660. The zero-order chi connectivity index (χ0) is 15.3. The second-order valence-electron chi connectivity index (χ2n) is 5.65. The Balaban J connectivity index is 0.00000242. The molecule has 0 heterocycles. The molecule has 1 fully saturated rings. The van der Waals surface area contributed by atoms with Gasteiger partial charge in [-0.3, -0.25) is 0 Å². The minimum atomic E-state index is -3.45. The van der Waals surface area contributed by atoms with Gasteiger partial charge in [0.05, 0.1) is 0 Å². The molecule has 1 aliphatic rings. The van der Waals surface area contributed by atoms with Gasteiger partial charge in [0.15, 0.2) is 0 Å². The van der Waals surface area contributed by atoms with Gasteiger partial charge in [0.25, 0.3) is 10.2 Å². The molecule has 0 radical (unpaired) electrons. The quantitative estimate of drug-likeness (QED) is 0.826. The molecular formula is C15H26ClN3O2S. The van der Waals surface area contributed by atoms with Crippen LogP contribution in [0, 0.1) is 0 Å². The fourth-order valence-corrected chi connectivity index (χ4v) is 4.14. The first-order chi connectivity index (χ1) is 10.0. The van der Waals surface area contributed by atoms with Crippen LogP contribution in [0.5, 0.6) is 0 Å². The van der Waals surface area contributed by atoms with Gasteiger partial charge in [-0.25, -0.2) is 0 Å². The number of nitrogens with two attached hydrogens (primary N) is 1. The fourth-order valence-electron chi connectivity index (χ4n) is 2.68. The van der Waals surface area contributed by atoms with E-state index in [9.17, 15) is 8.42 Å². The number of hydrogen-bond acceptors (Lipinski definition) is 3. The largest absolute Gasteiger partial charge is 0.328 e. The summed E-state index contributed by atoms with van der Waals surface area (Å²) >= 11 is 0. The first kappa shape index (κ1) is 19.4. The minimum absolute atomic E-state index is 0. The number of benzene rings is 1. The fraction of sp³-hybridized carbons (Fsp3) is 0.600. The number of nitrogens with zero attached hydrogens (tertiary/aromatic N) is 1. The summed E-state index contributed by atoms with van der Waals surface area (Å²) in [6.45, 7) is 2.72. The van der Waals surface area contributed by atoms with Gasteiger partial charge in [-0.1, -0.05) is 37.3 Å². The second-order valence-corrected chi connectivity index (χ2v) is 7.35. The highest BCUT2D eigenvalue weighted by atomic mass is 35.5. The summed E-state index contributed by atoms with van der Waals surface area (Å²) in [6, 6.07) is 9.89. The maximum Gasteiger partial charge on any atom is 0.279 e. The van der Waals surface area contributed by atoms with Crippen LogP contribution < -0.4 is 10.5 Å². The van der Waals surface area contributed by atoms with Gasteiger partial charge in [-0.05, 0) is 31.2 Å². The van der Waals surface area contributed by atoms with Crippen molar-refractivity contribution in [1.29, 1.82) is 0 Å². The summed E-state index contributed by atoms with van der Waals surface area (Å²) in [5.41, 5.74) is 6.86. The van der Waals surface area contributed by atoms with Crippen LogP contribution in [0.15, 0.2) is 30.3 Å².